The minimum atomic E-state index is -5.00. The summed E-state index contributed by atoms with van der Waals surface area (Å²) in [4.78, 5) is 4.87. The quantitative estimate of drug-likeness (QED) is 0.665. The number of alkyl halides is 6. The lowest BCUT2D eigenvalue weighted by atomic mass is 10.1. The van der Waals surface area contributed by atoms with Crippen molar-refractivity contribution in [2.24, 2.45) is 0 Å². The summed E-state index contributed by atoms with van der Waals surface area (Å²) in [5, 5.41) is 0. The summed E-state index contributed by atoms with van der Waals surface area (Å²) in [7, 11) is 0. The molecule has 0 atom stereocenters. The molecule has 0 bridgehead atoms. The van der Waals surface area contributed by atoms with E-state index in [1.54, 1.807) is 4.98 Å². The molecule has 11 heteroatoms. The maximum absolute atomic E-state index is 13.7. The Labute approximate surface area is 125 Å². The Balaban J connectivity index is 2.60. The van der Waals surface area contributed by atoms with Crippen LogP contribution in [0.5, 0.6) is 0 Å². The summed E-state index contributed by atoms with van der Waals surface area (Å²) in [6.07, 6.45) is -9.88. The Morgan fingerprint density at radius 3 is 1.77 bits per heavy atom. The first-order valence-corrected chi connectivity index (χ1v) is 6.10. The lowest BCUT2D eigenvalue weighted by Crippen LogP contribution is -2.08. The zero-order valence-electron chi connectivity index (χ0n) is 10.0. The molecule has 120 valence electrons. The summed E-state index contributed by atoms with van der Waals surface area (Å²) >= 11 is 2.46. The monoisotopic (exact) mass is 394 g/mol. The molecule has 0 radical (unpaired) electrons. The number of rotatable bonds is 1. The van der Waals surface area contributed by atoms with Crippen molar-refractivity contribution in [2.75, 3.05) is 0 Å². The van der Waals surface area contributed by atoms with Crippen molar-refractivity contribution >= 4 is 15.9 Å². The van der Waals surface area contributed by atoms with Crippen LogP contribution < -0.4 is 0 Å². The fourth-order valence-corrected chi connectivity index (χ4v) is 2.12. The van der Waals surface area contributed by atoms with E-state index in [4.69, 9.17) is 0 Å². The standard InChI is InChI=1S/C11H3BrF8N2/c12-8-7(11(18,19)20)21-9(22-8)6-4(13)1-3(2-5(6)14)10(15,16)17/h1-2H,(H,21,22). The highest BCUT2D eigenvalue weighted by molar-refractivity contribution is 9.10. The minimum absolute atomic E-state index is 0.0257. The zero-order valence-corrected chi connectivity index (χ0v) is 11.6. The molecule has 22 heavy (non-hydrogen) atoms. The number of hydrogen-bond donors (Lipinski definition) is 1. The second kappa shape index (κ2) is 5.21. The van der Waals surface area contributed by atoms with Crippen LogP contribution in [0.15, 0.2) is 16.7 Å². The molecule has 1 aromatic heterocycles. The Bertz CT molecular complexity index is 693. The smallest absolute Gasteiger partial charge is 0.333 e. The van der Waals surface area contributed by atoms with Gasteiger partial charge in [0.05, 0.1) is 11.1 Å². The van der Waals surface area contributed by atoms with Crippen LogP contribution in [0, 0.1) is 11.6 Å². The fraction of sp³-hybridized carbons (Fsp3) is 0.182. The average molecular weight is 395 g/mol. The topological polar surface area (TPSA) is 28.7 Å². The summed E-state index contributed by atoms with van der Waals surface area (Å²) in [6, 6.07) is -0.0514. The first-order chi connectivity index (χ1) is 9.91. The van der Waals surface area contributed by atoms with Gasteiger partial charge in [0, 0.05) is 0 Å². The van der Waals surface area contributed by atoms with Crippen molar-refractivity contribution in [2.45, 2.75) is 12.4 Å². The number of nitrogens with zero attached hydrogens (tertiary/aromatic N) is 1. The van der Waals surface area contributed by atoms with Gasteiger partial charge in [0.15, 0.2) is 5.69 Å². The number of benzene rings is 1. The SMILES string of the molecule is Fc1cc(C(F)(F)F)cc(F)c1-c1nc(Br)c(C(F)(F)F)[nH]1. The van der Waals surface area contributed by atoms with E-state index in [1.165, 1.54) is 0 Å². The van der Waals surface area contributed by atoms with Gasteiger partial charge in [-0.25, -0.2) is 13.8 Å². The molecule has 1 aromatic carbocycles. The molecule has 0 amide bonds. The van der Waals surface area contributed by atoms with Crippen LogP contribution >= 0.6 is 15.9 Å². The normalized spacial score (nSPS) is 12.8. The van der Waals surface area contributed by atoms with Crippen molar-refractivity contribution in [1.29, 1.82) is 0 Å². The second-order valence-electron chi connectivity index (χ2n) is 4.06. The summed E-state index contributed by atoms with van der Waals surface area (Å²) < 4.78 is 101. The second-order valence-corrected chi connectivity index (χ2v) is 4.81. The number of aromatic nitrogens is 2. The molecule has 2 nitrogen and oxygen atoms in total. The van der Waals surface area contributed by atoms with Gasteiger partial charge in [-0.15, -0.1) is 0 Å². The number of aromatic amines is 1. The fourth-order valence-electron chi connectivity index (χ4n) is 1.62. The van der Waals surface area contributed by atoms with E-state index in [0.717, 1.165) is 0 Å². The Kier molecular flexibility index (Phi) is 3.96. The van der Waals surface area contributed by atoms with Crippen LogP contribution in [-0.2, 0) is 12.4 Å². The summed E-state index contributed by atoms with van der Waals surface area (Å²) in [6.45, 7) is 0. The van der Waals surface area contributed by atoms with E-state index in [9.17, 15) is 35.1 Å². The van der Waals surface area contributed by atoms with Gasteiger partial charge in [-0.3, -0.25) is 0 Å². The zero-order chi connectivity index (χ0) is 16.9. The highest BCUT2D eigenvalue weighted by Crippen LogP contribution is 2.37. The molecular weight excluding hydrogens is 392 g/mol. The van der Waals surface area contributed by atoms with E-state index in [1.807, 2.05) is 0 Å². The first-order valence-electron chi connectivity index (χ1n) is 5.30. The van der Waals surface area contributed by atoms with Crippen LogP contribution in [0.1, 0.15) is 11.3 Å². The maximum Gasteiger partial charge on any atom is 0.433 e. The molecule has 0 aliphatic carbocycles. The Hall–Kier alpha value is -1.65. The van der Waals surface area contributed by atoms with E-state index in [0.29, 0.717) is 0 Å². The van der Waals surface area contributed by atoms with Crippen molar-refractivity contribution < 1.29 is 35.1 Å². The van der Waals surface area contributed by atoms with Crippen molar-refractivity contribution in [3.63, 3.8) is 0 Å². The van der Waals surface area contributed by atoms with Gasteiger partial charge in [0.25, 0.3) is 0 Å². The van der Waals surface area contributed by atoms with Gasteiger partial charge in [-0.05, 0) is 28.1 Å². The lowest BCUT2D eigenvalue weighted by molar-refractivity contribution is -0.141. The molecule has 0 aliphatic heterocycles. The predicted molar refractivity (Wildman–Crippen MR) is 61.6 cm³/mol. The first kappa shape index (κ1) is 16.7. The minimum Gasteiger partial charge on any atom is -0.333 e. The van der Waals surface area contributed by atoms with Crippen LogP contribution in [0.4, 0.5) is 35.1 Å². The summed E-state index contributed by atoms with van der Waals surface area (Å²) in [5.74, 6) is -4.27. The molecule has 0 saturated heterocycles. The number of halogens is 9. The van der Waals surface area contributed by atoms with Crippen LogP contribution in [0.2, 0.25) is 0 Å². The largest absolute Gasteiger partial charge is 0.433 e. The molecular formula is C11H3BrF8N2. The molecule has 0 aliphatic rings. The van der Waals surface area contributed by atoms with Gasteiger partial charge in [0.2, 0.25) is 0 Å². The van der Waals surface area contributed by atoms with Gasteiger partial charge in [-0.1, -0.05) is 0 Å². The van der Waals surface area contributed by atoms with Crippen LogP contribution in [0.25, 0.3) is 11.4 Å². The van der Waals surface area contributed by atoms with Crippen molar-refractivity contribution in [3.8, 4) is 11.4 Å². The van der Waals surface area contributed by atoms with Gasteiger partial charge in [-0.2, -0.15) is 26.3 Å². The molecule has 1 heterocycles. The van der Waals surface area contributed by atoms with Gasteiger partial charge in [0.1, 0.15) is 22.1 Å². The number of H-pyrrole nitrogens is 1. The lowest BCUT2D eigenvalue weighted by Gasteiger charge is -2.09. The third-order valence-electron chi connectivity index (χ3n) is 2.55. The van der Waals surface area contributed by atoms with Crippen LogP contribution in [-0.4, -0.2) is 9.97 Å². The number of nitrogens with one attached hydrogen (secondary N) is 1. The predicted octanol–water partition coefficient (Wildman–Crippen LogP) is 5.16. The highest BCUT2D eigenvalue weighted by atomic mass is 79.9. The third-order valence-corrected chi connectivity index (χ3v) is 3.12. The maximum atomic E-state index is 13.7. The number of imidazole rings is 1. The molecule has 0 fully saturated rings. The summed E-state index contributed by atoms with van der Waals surface area (Å²) in [5.41, 5.74) is -4.14. The van der Waals surface area contributed by atoms with E-state index in [-0.39, 0.29) is 12.1 Å². The Morgan fingerprint density at radius 1 is 0.909 bits per heavy atom. The van der Waals surface area contributed by atoms with Crippen molar-refractivity contribution in [3.05, 3.63) is 39.6 Å². The van der Waals surface area contributed by atoms with Crippen molar-refractivity contribution in [1.82, 2.24) is 9.97 Å². The molecule has 2 aromatic rings. The molecule has 0 unspecified atom stereocenters. The number of hydrogen-bond acceptors (Lipinski definition) is 1. The third kappa shape index (κ3) is 3.08. The Morgan fingerprint density at radius 2 is 1.41 bits per heavy atom. The highest BCUT2D eigenvalue weighted by Gasteiger charge is 2.38. The van der Waals surface area contributed by atoms with Gasteiger partial charge < -0.3 is 4.98 Å². The van der Waals surface area contributed by atoms with Crippen LogP contribution in [0.3, 0.4) is 0 Å². The molecule has 2 rings (SSSR count). The van der Waals surface area contributed by atoms with Gasteiger partial charge >= 0.3 is 12.4 Å². The van der Waals surface area contributed by atoms with E-state index in [2.05, 4.69) is 20.9 Å². The van der Waals surface area contributed by atoms with E-state index < -0.39 is 51.2 Å². The molecule has 0 saturated carbocycles. The molecule has 1 N–H and O–H groups in total. The van der Waals surface area contributed by atoms with E-state index >= 15 is 0 Å². The average Bonchev–Trinajstić information content (AvgIpc) is 2.68. The molecule has 0 spiro atoms.